The maximum absolute atomic E-state index is 11.1. The lowest BCUT2D eigenvalue weighted by Crippen LogP contribution is -2.42. The molecule has 0 fully saturated rings. The van der Waals surface area contributed by atoms with Gasteiger partial charge in [-0.05, 0) is 35.8 Å². The molecule has 1 aromatic carbocycles. The van der Waals surface area contributed by atoms with Gasteiger partial charge in [-0.2, -0.15) is 0 Å². The molecule has 3 nitrogen and oxygen atoms in total. The van der Waals surface area contributed by atoms with Gasteiger partial charge in [0, 0.05) is 4.47 Å². The Bertz CT molecular complexity index is 480. The third-order valence-electron chi connectivity index (χ3n) is 3.82. The van der Waals surface area contributed by atoms with Gasteiger partial charge in [-0.15, -0.1) is 0 Å². The summed E-state index contributed by atoms with van der Waals surface area (Å²) in [4.78, 5) is 11.1. The van der Waals surface area contributed by atoms with Gasteiger partial charge in [-0.1, -0.05) is 48.8 Å². The van der Waals surface area contributed by atoms with E-state index in [2.05, 4.69) is 49.8 Å². The Hall–Kier alpha value is -0.653. The Balaban J connectivity index is 3.05. The quantitative estimate of drug-likeness (QED) is 0.754. The summed E-state index contributed by atoms with van der Waals surface area (Å²) < 4.78 is 7.23. The Morgan fingerprint density at radius 2 is 2.00 bits per heavy atom. The first-order valence-corrected chi connectivity index (χ1v) is 10.4. The van der Waals surface area contributed by atoms with Crippen molar-refractivity contribution in [1.82, 2.24) is 0 Å². The molecule has 112 valence electrons. The van der Waals surface area contributed by atoms with E-state index in [0.717, 1.165) is 10.0 Å². The van der Waals surface area contributed by atoms with Crippen LogP contribution in [0.4, 0.5) is 0 Å². The number of rotatable bonds is 5. The summed E-state index contributed by atoms with van der Waals surface area (Å²) in [6.07, 6.45) is -0.408. The van der Waals surface area contributed by atoms with Gasteiger partial charge in [-0.3, -0.25) is 4.79 Å². The zero-order valence-electron chi connectivity index (χ0n) is 12.7. The maximum atomic E-state index is 11.1. The van der Waals surface area contributed by atoms with Crippen molar-refractivity contribution < 1.29 is 14.3 Å². The molecule has 0 bridgehead atoms. The minimum absolute atomic E-state index is 0.0109. The number of hydrogen-bond acceptors (Lipinski definition) is 2. The topological polar surface area (TPSA) is 46.5 Å². The van der Waals surface area contributed by atoms with E-state index in [0.29, 0.717) is 0 Å². The summed E-state index contributed by atoms with van der Waals surface area (Å²) in [5, 5.41) is 9.19. The molecule has 0 radical (unpaired) electrons. The van der Waals surface area contributed by atoms with Crippen LogP contribution in [0.3, 0.4) is 0 Å². The van der Waals surface area contributed by atoms with Crippen molar-refractivity contribution in [2.75, 3.05) is 0 Å². The van der Waals surface area contributed by atoms with Crippen molar-refractivity contribution in [3.63, 3.8) is 0 Å². The van der Waals surface area contributed by atoms with Crippen LogP contribution in [0.25, 0.3) is 0 Å². The van der Waals surface area contributed by atoms with E-state index in [1.165, 1.54) is 0 Å². The highest BCUT2D eigenvalue weighted by Crippen LogP contribution is 2.40. The van der Waals surface area contributed by atoms with Crippen LogP contribution in [0.5, 0.6) is 0 Å². The van der Waals surface area contributed by atoms with Gasteiger partial charge in [0.25, 0.3) is 0 Å². The first kappa shape index (κ1) is 17.4. The van der Waals surface area contributed by atoms with Crippen LogP contribution in [-0.4, -0.2) is 19.4 Å². The molecule has 20 heavy (non-hydrogen) atoms. The van der Waals surface area contributed by atoms with Crippen LogP contribution >= 0.6 is 15.9 Å². The first-order chi connectivity index (χ1) is 9.03. The van der Waals surface area contributed by atoms with E-state index in [9.17, 15) is 4.79 Å². The number of benzene rings is 1. The van der Waals surface area contributed by atoms with Crippen LogP contribution in [-0.2, 0) is 9.22 Å². The van der Waals surface area contributed by atoms with Crippen molar-refractivity contribution >= 4 is 30.2 Å². The summed E-state index contributed by atoms with van der Waals surface area (Å²) in [6.45, 7) is 10.7. The minimum atomic E-state index is -2.01. The van der Waals surface area contributed by atoms with Crippen LogP contribution in [0.2, 0.25) is 18.1 Å². The molecule has 1 aromatic rings. The van der Waals surface area contributed by atoms with Crippen molar-refractivity contribution in [2.45, 2.75) is 51.4 Å². The molecule has 1 unspecified atom stereocenters. The van der Waals surface area contributed by atoms with Gasteiger partial charge >= 0.3 is 5.97 Å². The summed E-state index contributed by atoms with van der Waals surface area (Å²) >= 11 is 3.42. The molecule has 0 aliphatic heterocycles. The fourth-order valence-electron chi connectivity index (χ4n) is 1.63. The van der Waals surface area contributed by atoms with E-state index in [1.807, 2.05) is 24.3 Å². The third-order valence-corrected chi connectivity index (χ3v) is 8.80. The number of carboxylic acid groups (broad SMARTS) is 1. The molecule has 0 aliphatic carbocycles. The molecule has 1 N–H and O–H groups in total. The number of aliphatic carboxylic acids is 1. The first-order valence-electron chi connectivity index (χ1n) is 6.68. The predicted molar refractivity (Wildman–Crippen MR) is 87.4 cm³/mol. The number of halogens is 1. The van der Waals surface area contributed by atoms with Gasteiger partial charge in [0.15, 0.2) is 8.32 Å². The van der Waals surface area contributed by atoms with Crippen molar-refractivity contribution in [1.29, 1.82) is 0 Å². The van der Waals surface area contributed by atoms with Crippen LogP contribution in [0, 0.1) is 0 Å². The van der Waals surface area contributed by atoms with E-state index in [4.69, 9.17) is 9.53 Å². The Labute approximate surface area is 130 Å². The Morgan fingerprint density at radius 3 is 2.45 bits per heavy atom. The highest BCUT2D eigenvalue weighted by Gasteiger charge is 2.39. The lowest BCUT2D eigenvalue weighted by molar-refractivity contribution is -0.139. The molecule has 0 heterocycles. The molecular formula is C15H23BrO3Si. The van der Waals surface area contributed by atoms with Gasteiger partial charge in [0.1, 0.15) is 0 Å². The monoisotopic (exact) mass is 358 g/mol. The van der Waals surface area contributed by atoms with Gasteiger partial charge in [0.2, 0.25) is 0 Å². The van der Waals surface area contributed by atoms with Crippen LogP contribution in [0.1, 0.15) is 38.9 Å². The zero-order valence-corrected chi connectivity index (χ0v) is 15.3. The summed E-state index contributed by atoms with van der Waals surface area (Å²) in [6, 6.07) is 7.68. The van der Waals surface area contributed by atoms with E-state index < -0.39 is 20.4 Å². The van der Waals surface area contributed by atoms with Crippen molar-refractivity contribution in [3.8, 4) is 0 Å². The normalized spacial score (nSPS) is 14.1. The average molecular weight is 359 g/mol. The van der Waals surface area contributed by atoms with Crippen LogP contribution in [0.15, 0.2) is 28.7 Å². The third kappa shape index (κ3) is 4.72. The van der Waals surface area contributed by atoms with E-state index in [1.54, 1.807) is 0 Å². The standard InChI is InChI=1S/C15H23BrO3Si/c1-15(2,3)20(4,5)19-13(10-14(17)18)11-7-6-8-12(16)9-11/h6-9,13H,10H2,1-5H3,(H,17,18). The predicted octanol–water partition coefficient (Wildman–Crippen LogP) is 4.99. The molecule has 1 atom stereocenters. The lowest BCUT2D eigenvalue weighted by Gasteiger charge is -2.39. The number of hydrogen-bond donors (Lipinski definition) is 1. The van der Waals surface area contributed by atoms with E-state index >= 15 is 0 Å². The molecule has 0 amide bonds. The fraction of sp³-hybridized carbons (Fsp3) is 0.533. The molecule has 0 saturated heterocycles. The zero-order chi connectivity index (χ0) is 15.6. The SMILES string of the molecule is CC(C)(C)[Si](C)(C)OC(CC(=O)O)c1cccc(Br)c1. The average Bonchev–Trinajstić information content (AvgIpc) is 2.25. The van der Waals surface area contributed by atoms with E-state index in [-0.39, 0.29) is 11.5 Å². The smallest absolute Gasteiger partial charge is 0.306 e. The molecule has 0 aliphatic rings. The number of carboxylic acids is 1. The number of carbonyl (C=O) groups is 1. The minimum Gasteiger partial charge on any atom is -0.481 e. The Morgan fingerprint density at radius 1 is 1.40 bits per heavy atom. The molecule has 0 aromatic heterocycles. The highest BCUT2D eigenvalue weighted by atomic mass is 79.9. The second-order valence-electron chi connectivity index (χ2n) is 6.52. The van der Waals surface area contributed by atoms with Crippen molar-refractivity contribution in [3.05, 3.63) is 34.3 Å². The molecule has 0 spiro atoms. The second-order valence-corrected chi connectivity index (χ2v) is 12.2. The second kappa shape index (κ2) is 6.41. The van der Waals surface area contributed by atoms with Gasteiger partial charge < -0.3 is 9.53 Å². The lowest BCUT2D eigenvalue weighted by atomic mass is 10.1. The summed E-state index contributed by atoms with van der Waals surface area (Å²) in [5.41, 5.74) is 0.909. The largest absolute Gasteiger partial charge is 0.481 e. The van der Waals surface area contributed by atoms with Crippen molar-refractivity contribution in [2.24, 2.45) is 0 Å². The molecular weight excluding hydrogens is 336 g/mol. The fourth-order valence-corrected chi connectivity index (χ4v) is 3.33. The maximum Gasteiger partial charge on any atom is 0.306 e. The summed E-state index contributed by atoms with van der Waals surface area (Å²) in [5.74, 6) is -0.839. The van der Waals surface area contributed by atoms with Crippen LogP contribution < -0.4 is 0 Å². The van der Waals surface area contributed by atoms with Gasteiger partial charge in [-0.25, -0.2) is 0 Å². The summed E-state index contributed by atoms with van der Waals surface area (Å²) in [7, 11) is -2.01. The molecule has 5 heteroatoms. The highest BCUT2D eigenvalue weighted by molar-refractivity contribution is 9.10. The molecule has 0 saturated carbocycles. The van der Waals surface area contributed by atoms with Gasteiger partial charge in [0.05, 0.1) is 12.5 Å². The Kier molecular flexibility index (Phi) is 5.58. The molecule has 1 rings (SSSR count).